The molecule has 1 aromatic rings. The Morgan fingerprint density at radius 3 is 2.58 bits per heavy atom. The summed E-state index contributed by atoms with van der Waals surface area (Å²) in [7, 11) is 0. The van der Waals surface area contributed by atoms with Gasteiger partial charge in [0.2, 0.25) is 17.7 Å². The van der Waals surface area contributed by atoms with Gasteiger partial charge in [-0.3, -0.25) is 14.4 Å². The smallest absolute Gasteiger partial charge is 0.223 e. The number of carbonyl (C=O) groups excluding carboxylic acids is 3. The lowest BCUT2D eigenvalue weighted by molar-refractivity contribution is -0.136. The SMILES string of the molecule is CC(=O)N1CCC(CC(=O)N2C[C@H]3CCCC(=O)N(Cc4cccc(F)c4)[C@H]3C2)CC1. The van der Waals surface area contributed by atoms with Crippen LogP contribution in [0.15, 0.2) is 24.3 Å². The molecule has 6 nitrogen and oxygen atoms in total. The van der Waals surface area contributed by atoms with E-state index in [1.165, 1.54) is 12.1 Å². The summed E-state index contributed by atoms with van der Waals surface area (Å²) >= 11 is 0. The average Bonchev–Trinajstić information content (AvgIpc) is 3.10. The Morgan fingerprint density at radius 2 is 1.87 bits per heavy atom. The van der Waals surface area contributed by atoms with Crippen molar-refractivity contribution in [3.8, 4) is 0 Å². The van der Waals surface area contributed by atoms with E-state index in [1.54, 1.807) is 13.0 Å². The Kier molecular flexibility index (Phi) is 6.58. The summed E-state index contributed by atoms with van der Waals surface area (Å²) in [6, 6.07) is 6.42. The highest BCUT2D eigenvalue weighted by molar-refractivity contribution is 5.79. The van der Waals surface area contributed by atoms with Gasteiger partial charge in [-0.25, -0.2) is 4.39 Å². The maximum absolute atomic E-state index is 13.6. The summed E-state index contributed by atoms with van der Waals surface area (Å²) in [4.78, 5) is 43.0. The summed E-state index contributed by atoms with van der Waals surface area (Å²) in [6.07, 6.45) is 4.56. The number of piperidine rings is 1. The lowest BCUT2D eigenvalue weighted by Gasteiger charge is -2.32. The Bertz CT molecular complexity index is 837. The van der Waals surface area contributed by atoms with E-state index < -0.39 is 0 Å². The second-order valence-electron chi connectivity index (χ2n) is 9.32. The quantitative estimate of drug-likeness (QED) is 0.740. The molecule has 0 spiro atoms. The third-order valence-electron chi connectivity index (χ3n) is 7.21. The van der Waals surface area contributed by atoms with E-state index in [1.807, 2.05) is 20.8 Å². The maximum Gasteiger partial charge on any atom is 0.223 e. The van der Waals surface area contributed by atoms with Crippen molar-refractivity contribution in [2.45, 2.75) is 58.0 Å². The first kappa shape index (κ1) is 21.8. The standard InChI is InChI=1S/C24H32FN3O3/c1-17(29)26-10-8-18(9-11-26)13-24(31)27-15-20-5-3-7-23(30)28(22(20)16-27)14-19-4-2-6-21(25)12-19/h2,4,6,12,18,20,22H,3,5,7-11,13-16H2,1H3/t20-,22+/m1/s1. The van der Waals surface area contributed by atoms with Crippen molar-refractivity contribution in [2.75, 3.05) is 26.2 Å². The molecule has 3 aliphatic heterocycles. The number of amides is 3. The Hall–Kier alpha value is -2.44. The first-order chi connectivity index (χ1) is 14.9. The predicted molar refractivity (Wildman–Crippen MR) is 114 cm³/mol. The van der Waals surface area contributed by atoms with E-state index in [0.717, 1.165) is 44.3 Å². The minimum absolute atomic E-state index is 0.00165. The molecule has 3 fully saturated rings. The number of hydrogen-bond donors (Lipinski definition) is 0. The second-order valence-corrected chi connectivity index (χ2v) is 9.32. The second kappa shape index (κ2) is 9.37. The van der Waals surface area contributed by atoms with Crippen molar-refractivity contribution in [3.63, 3.8) is 0 Å². The zero-order chi connectivity index (χ0) is 22.0. The molecule has 3 amide bonds. The van der Waals surface area contributed by atoms with Crippen molar-refractivity contribution >= 4 is 17.7 Å². The fraction of sp³-hybridized carbons (Fsp3) is 0.625. The van der Waals surface area contributed by atoms with E-state index in [9.17, 15) is 18.8 Å². The van der Waals surface area contributed by atoms with Gasteiger partial charge >= 0.3 is 0 Å². The normalized spacial score (nSPS) is 24.8. The summed E-state index contributed by atoms with van der Waals surface area (Å²) in [5.74, 6) is 0.667. The van der Waals surface area contributed by atoms with Crippen LogP contribution in [0.1, 0.15) is 51.0 Å². The zero-order valence-electron chi connectivity index (χ0n) is 18.3. The van der Waals surface area contributed by atoms with Crippen molar-refractivity contribution in [1.82, 2.24) is 14.7 Å². The first-order valence-electron chi connectivity index (χ1n) is 11.5. The van der Waals surface area contributed by atoms with Crippen LogP contribution in [0.4, 0.5) is 4.39 Å². The van der Waals surface area contributed by atoms with Crippen LogP contribution in [0.25, 0.3) is 0 Å². The third-order valence-corrected chi connectivity index (χ3v) is 7.21. The van der Waals surface area contributed by atoms with Crippen LogP contribution >= 0.6 is 0 Å². The molecule has 3 saturated heterocycles. The fourth-order valence-corrected chi connectivity index (χ4v) is 5.40. The fourth-order valence-electron chi connectivity index (χ4n) is 5.40. The van der Waals surface area contributed by atoms with E-state index in [-0.39, 0.29) is 35.5 Å². The van der Waals surface area contributed by atoms with Gasteiger partial charge in [-0.15, -0.1) is 0 Å². The summed E-state index contributed by atoms with van der Waals surface area (Å²) < 4.78 is 13.6. The lowest BCUT2D eigenvalue weighted by atomic mass is 9.93. The molecular formula is C24H32FN3O3. The van der Waals surface area contributed by atoms with Gasteiger partial charge in [0.1, 0.15) is 5.82 Å². The molecule has 0 aromatic heterocycles. The first-order valence-corrected chi connectivity index (χ1v) is 11.5. The summed E-state index contributed by atoms with van der Waals surface area (Å²) in [5.41, 5.74) is 0.788. The number of rotatable bonds is 4. The number of hydrogen-bond acceptors (Lipinski definition) is 3. The molecule has 2 atom stereocenters. The summed E-state index contributed by atoms with van der Waals surface area (Å²) in [5, 5.41) is 0. The van der Waals surface area contributed by atoms with Gasteiger partial charge in [0.15, 0.2) is 0 Å². The monoisotopic (exact) mass is 429 g/mol. The number of likely N-dealkylation sites (tertiary alicyclic amines) is 3. The van der Waals surface area contributed by atoms with Crippen LogP contribution in [0, 0.1) is 17.7 Å². The third kappa shape index (κ3) is 5.08. The van der Waals surface area contributed by atoms with E-state index in [0.29, 0.717) is 38.4 Å². The molecule has 0 unspecified atom stereocenters. The van der Waals surface area contributed by atoms with Crippen molar-refractivity contribution in [3.05, 3.63) is 35.6 Å². The van der Waals surface area contributed by atoms with Gasteiger partial charge in [-0.2, -0.15) is 0 Å². The molecule has 0 aliphatic carbocycles. The summed E-state index contributed by atoms with van der Waals surface area (Å²) in [6.45, 7) is 4.71. The van der Waals surface area contributed by atoms with Gasteiger partial charge < -0.3 is 14.7 Å². The van der Waals surface area contributed by atoms with E-state index in [4.69, 9.17) is 0 Å². The Labute approximate surface area is 183 Å². The van der Waals surface area contributed by atoms with E-state index in [2.05, 4.69) is 0 Å². The molecule has 0 saturated carbocycles. The van der Waals surface area contributed by atoms with Crippen LogP contribution in [-0.2, 0) is 20.9 Å². The lowest BCUT2D eigenvalue weighted by Crippen LogP contribution is -2.43. The molecule has 3 heterocycles. The highest BCUT2D eigenvalue weighted by Gasteiger charge is 2.42. The molecule has 31 heavy (non-hydrogen) atoms. The van der Waals surface area contributed by atoms with Crippen molar-refractivity contribution in [1.29, 1.82) is 0 Å². The number of fused-ring (bicyclic) bond motifs is 1. The highest BCUT2D eigenvalue weighted by atomic mass is 19.1. The Morgan fingerprint density at radius 1 is 1.10 bits per heavy atom. The van der Waals surface area contributed by atoms with Crippen LogP contribution in [0.5, 0.6) is 0 Å². The number of nitrogens with zero attached hydrogens (tertiary/aromatic N) is 3. The molecule has 4 rings (SSSR count). The average molecular weight is 430 g/mol. The van der Waals surface area contributed by atoms with Crippen molar-refractivity contribution in [2.24, 2.45) is 11.8 Å². The zero-order valence-corrected chi connectivity index (χ0v) is 18.3. The largest absolute Gasteiger partial charge is 0.343 e. The highest BCUT2D eigenvalue weighted by Crippen LogP contribution is 2.33. The molecule has 0 N–H and O–H groups in total. The Balaban J connectivity index is 1.39. The predicted octanol–water partition coefficient (Wildman–Crippen LogP) is 2.81. The van der Waals surface area contributed by atoms with Gasteiger partial charge in [-0.1, -0.05) is 12.1 Å². The number of halogens is 1. The minimum Gasteiger partial charge on any atom is -0.343 e. The molecule has 7 heteroatoms. The molecular weight excluding hydrogens is 397 g/mol. The van der Waals surface area contributed by atoms with Crippen LogP contribution in [-0.4, -0.2) is 64.6 Å². The maximum atomic E-state index is 13.6. The van der Waals surface area contributed by atoms with Crippen LogP contribution in [0.2, 0.25) is 0 Å². The minimum atomic E-state index is -0.296. The van der Waals surface area contributed by atoms with Gasteiger partial charge in [-0.05, 0) is 55.2 Å². The van der Waals surface area contributed by atoms with E-state index >= 15 is 0 Å². The van der Waals surface area contributed by atoms with Crippen LogP contribution < -0.4 is 0 Å². The molecule has 168 valence electrons. The van der Waals surface area contributed by atoms with Crippen LogP contribution in [0.3, 0.4) is 0 Å². The molecule has 1 aromatic carbocycles. The van der Waals surface area contributed by atoms with Crippen molar-refractivity contribution < 1.29 is 18.8 Å². The molecule has 3 aliphatic rings. The molecule has 0 bridgehead atoms. The van der Waals surface area contributed by atoms with Gasteiger partial charge in [0.05, 0.1) is 6.04 Å². The van der Waals surface area contributed by atoms with Gasteiger partial charge in [0.25, 0.3) is 0 Å². The number of carbonyl (C=O) groups is 3. The van der Waals surface area contributed by atoms with Gasteiger partial charge in [0, 0.05) is 52.5 Å². The number of benzene rings is 1. The topological polar surface area (TPSA) is 60.9 Å². The molecule has 0 radical (unpaired) electrons.